The topological polar surface area (TPSA) is 45.2 Å². The second-order valence-corrected chi connectivity index (χ2v) is 7.85. The third-order valence-electron chi connectivity index (χ3n) is 5.81. The fourth-order valence-electron chi connectivity index (χ4n) is 4.22. The highest BCUT2D eigenvalue weighted by Crippen LogP contribution is 2.39. The van der Waals surface area contributed by atoms with Gasteiger partial charge in [0, 0.05) is 32.8 Å². The van der Waals surface area contributed by atoms with Gasteiger partial charge in [-0.25, -0.2) is 4.79 Å². The van der Waals surface area contributed by atoms with E-state index in [0.717, 1.165) is 58.1 Å². The highest BCUT2D eigenvalue weighted by molar-refractivity contribution is 5.74. The number of piperidine rings is 1. The van der Waals surface area contributed by atoms with Crippen LogP contribution in [-0.4, -0.2) is 93.0 Å². The van der Waals surface area contributed by atoms with Crippen molar-refractivity contribution in [1.29, 1.82) is 0 Å². The smallest absolute Gasteiger partial charge is 0.320 e. The molecule has 138 valence electrons. The highest BCUT2D eigenvalue weighted by atomic mass is 16.5. The van der Waals surface area contributed by atoms with Gasteiger partial charge in [0.2, 0.25) is 0 Å². The maximum Gasteiger partial charge on any atom is 0.320 e. The molecule has 0 aromatic rings. The molecule has 0 saturated carbocycles. The van der Waals surface area contributed by atoms with Crippen LogP contribution in [0.25, 0.3) is 0 Å². The van der Waals surface area contributed by atoms with Crippen LogP contribution in [0.1, 0.15) is 32.1 Å². The summed E-state index contributed by atoms with van der Waals surface area (Å²) in [6, 6.07) is 0.188. The summed E-state index contributed by atoms with van der Waals surface area (Å²) in [5.41, 5.74) is 0.0248. The predicted octanol–water partition coefficient (Wildman–Crippen LogP) is 1.65. The molecule has 0 bridgehead atoms. The summed E-state index contributed by atoms with van der Waals surface area (Å²) in [4.78, 5) is 18.8. The van der Waals surface area contributed by atoms with Crippen molar-refractivity contribution in [3.8, 4) is 0 Å². The number of hydrogen-bond acceptors (Lipinski definition) is 4. The molecule has 0 N–H and O–H groups in total. The van der Waals surface area contributed by atoms with Crippen LogP contribution in [0.3, 0.4) is 0 Å². The molecule has 0 aromatic carbocycles. The number of hydrogen-bond donors (Lipinski definition) is 0. The lowest BCUT2D eigenvalue weighted by Gasteiger charge is -2.47. The molecule has 1 atom stereocenters. The van der Waals surface area contributed by atoms with Gasteiger partial charge in [0.05, 0.1) is 18.8 Å². The van der Waals surface area contributed by atoms with Crippen molar-refractivity contribution in [1.82, 2.24) is 14.7 Å². The van der Waals surface area contributed by atoms with Crippen molar-refractivity contribution in [2.75, 3.05) is 66.6 Å². The number of amides is 2. The number of rotatable bonds is 3. The van der Waals surface area contributed by atoms with E-state index < -0.39 is 0 Å². The number of carbonyl (C=O) groups is 1. The van der Waals surface area contributed by atoms with Crippen LogP contribution in [0.2, 0.25) is 0 Å². The molecule has 24 heavy (non-hydrogen) atoms. The Morgan fingerprint density at radius 3 is 2.42 bits per heavy atom. The third kappa shape index (κ3) is 4.41. The molecule has 0 radical (unpaired) electrons. The van der Waals surface area contributed by atoms with Gasteiger partial charge in [-0.3, -0.25) is 0 Å². The number of urea groups is 1. The van der Waals surface area contributed by atoms with Crippen molar-refractivity contribution < 1.29 is 14.3 Å². The Morgan fingerprint density at radius 2 is 1.75 bits per heavy atom. The van der Waals surface area contributed by atoms with Crippen LogP contribution in [0.5, 0.6) is 0 Å². The lowest BCUT2D eigenvalue weighted by Crippen LogP contribution is -2.55. The maximum atomic E-state index is 12.6. The van der Waals surface area contributed by atoms with Crippen molar-refractivity contribution in [3.05, 3.63) is 0 Å². The van der Waals surface area contributed by atoms with E-state index in [0.29, 0.717) is 13.2 Å². The normalized spacial score (nSPS) is 27.7. The van der Waals surface area contributed by atoms with Gasteiger partial charge in [0.25, 0.3) is 0 Å². The number of likely N-dealkylation sites (tertiary alicyclic amines) is 1. The van der Waals surface area contributed by atoms with Gasteiger partial charge in [-0.2, -0.15) is 0 Å². The number of ether oxygens (including phenoxy) is 2. The number of morpholine rings is 1. The standard InChI is InChI=1S/C18H33N3O3/c1-19(2)7-3-16-4-12-24-18(15-16)5-8-20(9-6-18)17(22)21-10-13-23-14-11-21/h16H,3-15H2,1-2H3. The first-order chi connectivity index (χ1) is 11.6. The first-order valence-electron chi connectivity index (χ1n) is 9.48. The number of carbonyl (C=O) groups excluding carboxylic acids is 1. The summed E-state index contributed by atoms with van der Waals surface area (Å²) in [5, 5.41) is 0. The lowest BCUT2D eigenvalue weighted by atomic mass is 9.78. The van der Waals surface area contributed by atoms with E-state index in [1.807, 2.05) is 9.80 Å². The fraction of sp³-hybridized carbons (Fsp3) is 0.944. The summed E-state index contributed by atoms with van der Waals surface area (Å²) in [6.07, 6.45) is 5.59. The Hall–Kier alpha value is -0.850. The molecule has 3 heterocycles. The van der Waals surface area contributed by atoms with E-state index >= 15 is 0 Å². The summed E-state index contributed by atoms with van der Waals surface area (Å²) >= 11 is 0. The molecule has 3 saturated heterocycles. The summed E-state index contributed by atoms with van der Waals surface area (Å²) in [7, 11) is 4.29. The van der Waals surface area contributed by atoms with Crippen LogP contribution < -0.4 is 0 Å². The predicted molar refractivity (Wildman–Crippen MR) is 93.2 cm³/mol. The van der Waals surface area contributed by atoms with Crippen LogP contribution in [-0.2, 0) is 9.47 Å². The van der Waals surface area contributed by atoms with Crippen molar-refractivity contribution in [2.24, 2.45) is 5.92 Å². The Labute approximate surface area is 146 Å². The second kappa shape index (κ2) is 8.02. The Balaban J connectivity index is 1.49. The van der Waals surface area contributed by atoms with E-state index in [1.54, 1.807) is 0 Å². The van der Waals surface area contributed by atoms with E-state index in [9.17, 15) is 4.79 Å². The molecule has 0 aliphatic carbocycles. The van der Waals surface area contributed by atoms with Crippen molar-refractivity contribution in [3.63, 3.8) is 0 Å². The molecular weight excluding hydrogens is 306 g/mol. The molecule has 0 aromatic heterocycles. The minimum absolute atomic E-state index is 0.0248. The van der Waals surface area contributed by atoms with Gasteiger partial charge in [-0.05, 0) is 58.7 Å². The quantitative estimate of drug-likeness (QED) is 0.784. The van der Waals surface area contributed by atoms with E-state index in [4.69, 9.17) is 9.47 Å². The van der Waals surface area contributed by atoms with Gasteiger partial charge >= 0.3 is 6.03 Å². The van der Waals surface area contributed by atoms with Gasteiger partial charge in [-0.1, -0.05) is 0 Å². The first kappa shape index (κ1) is 18.0. The number of nitrogens with zero attached hydrogens (tertiary/aromatic N) is 3. The van der Waals surface area contributed by atoms with Crippen LogP contribution in [0.15, 0.2) is 0 Å². The molecular formula is C18H33N3O3. The molecule has 3 aliphatic heterocycles. The Kier molecular flexibility index (Phi) is 6.00. The minimum Gasteiger partial charge on any atom is -0.378 e. The average molecular weight is 339 g/mol. The summed E-state index contributed by atoms with van der Waals surface area (Å²) in [5.74, 6) is 0.766. The molecule has 3 rings (SSSR count). The second-order valence-electron chi connectivity index (χ2n) is 7.85. The molecule has 3 fully saturated rings. The molecule has 3 aliphatic rings. The van der Waals surface area contributed by atoms with Gasteiger partial charge in [0.15, 0.2) is 0 Å². The van der Waals surface area contributed by atoms with Crippen molar-refractivity contribution >= 4 is 6.03 Å². The Morgan fingerprint density at radius 1 is 1.08 bits per heavy atom. The molecule has 6 nitrogen and oxygen atoms in total. The molecule has 6 heteroatoms. The van der Waals surface area contributed by atoms with Gasteiger partial charge in [0.1, 0.15) is 0 Å². The third-order valence-corrected chi connectivity index (χ3v) is 5.81. The monoisotopic (exact) mass is 339 g/mol. The van der Waals surface area contributed by atoms with Crippen LogP contribution in [0.4, 0.5) is 4.79 Å². The Bertz CT molecular complexity index is 416. The summed E-state index contributed by atoms with van der Waals surface area (Å²) < 4.78 is 11.6. The fourth-order valence-corrected chi connectivity index (χ4v) is 4.22. The first-order valence-corrected chi connectivity index (χ1v) is 9.48. The zero-order valence-electron chi connectivity index (χ0n) is 15.3. The molecule has 1 unspecified atom stereocenters. The lowest BCUT2D eigenvalue weighted by molar-refractivity contribution is -0.125. The molecule has 2 amide bonds. The van der Waals surface area contributed by atoms with Gasteiger partial charge in [-0.15, -0.1) is 0 Å². The average Bonchev–Trinajstić information content (AvgIpc) is 2.61. The minimum atomic E-state index is 0.0248. The highest BCUT2D eigenvalue weighted by Gasteiger charge is 2.41. The van der Waals surface area contributed by atoms with Crippen molar-refractivity contribution in [2.45, 2.75) is 37.7 Å². The zero-order valence-corrected chi connectivity index (χ0v) is 15.3. The van der Waals surface area contributed by atoms with Crippen LogP contribution in [0, 0.1) is 5.92 Å². The maximum absolute atomic E-state index is 12.6. The largest absolute Gasteiger partial charge is 0.378 e. The summed E-state index contributed by atoms with van der Waals surface area (Å²) in [6.45, 7) is 6.48. The zero-order chi connectivity index (χ0) is 17.0. The van der Waals surface area contributed by atoms with E-state index in [2.05, 4.69) is 19.0 Å². The van der Waals surface area contributed by atoms with Gasteiger partial charge < -0.3 is 24.2 Å². The SMILES string of the molecule is CN(C)CCC1CCOC2(CCN(C(=O)N3CCOCC3)CC2)C1. The van der Waals surface area contributed by atoms with E-state index in [-0.39, 0.29) is 11.6 Å². The van der Waals surface area contributed by atoms with Crippen LogP contribution >= 0.6 is 0 Å². The van der Waals surface area contributed by atoms with E-state index in [1.165, 1.54) is 19.3 Å². The molecule has 1 spiro atoms.